The van der Waals surface area contributed by atoms with Crippen molar-refractivity contribution in [3.8, 4) is 5.75 Å². The third kappa shape index (κ3) is 2.85. The number of phenolic OH excluding ortho intramolecular Hbond substituents is 1. The Morgan fingerprint density at radius 2 is 1.95 bits per heavy atom. The third-order valence-corrected chi connectivity index (χ3v) is 3.81. The summed E-state index contributed by atoms with van der Waals surface area (Å²) in [6.45, 7) is 0.785. The molecule has 0 spiro atoms. The molecule has 0 saturated heterocycles. The first-order chi connectivity index (χ1) is 9.24. The summed E-state index contributed by atoms with van der Waals surface area (Å²) in [6, 6.07) is 13.8. The van der Waals surface area contributed by atoms with Crippen molar-refractivity contribution in [3.63, 3.8) is 0 Å². The molecule has 0 amide bonds. The average molecular weight is 274 g/mol. The lowest BCUT2D eigenvalue weighted by atomic mass is 10.0. The Hall–Kier alpha value is -1.67. The fourth-order valence-corrected chi connectivity index (χ4v) is 2.48. The molecule has 0 radical (unpaired) electrons. The van der Waals surface area contributed by atoms with Crippen LogP contribution in [0.25, 0.3) is 0 Å². The van der Waals surface area contributed by atoms with E-state index in [2.05, 4.69) is 29.6 Å². The second-order valence-electron chi connectivity index (χ2n) is 4.99. The summed E-state index contributed by atoms with van der Waals surface area (Å²) < 4.78 is 0. The molecule has 0 atom stereocenters. The third-order valence-electron chi connectivity index (χ3n) is 3.50. The normalized spacial score (nSPS) is 14.4. The van der Waals surface area contributed by atoms with E-state index >= 15 is 0 Å². The molecule has 98 valence electrons. The summed E-state index contributed by atoms with van der Waals surface area (Å²) >= 11 is 5.90. The van der Waals surface area contributed by atoms with Crippen molar-refractivity contribution in [1.29, 1.82) is 0 Å². The Bertz CT molecular complexity index is 593. The summed E-state index contributed by atoms with van der Waals surface area (Å²) in [5.74, 6) is 0.868. The van der Waals surface area contributed by atoms with E-state index in [1.807, 2.05) is 6.07 Å². The number of benzene rings is 2. The number of hydrogen-bond acceptors (Lipinski definition) is 2. The number of hydrogen-bond donors (Lipinski definition) is 2. The average Bonchev–Trinajstić information content (AvgIpc) is 3.25. The van der Waals surface area contributed by atoms with Gasteiger partial charge in [-0.25, -0.2) is 0 Å². The maximum absolute atomic E-state index is 9.39. The maximum atomic E-state index is 9.39. The topological polar surface area (TPSA) is 32.3 Å². The monoisotopic (exact) mass is 273 g/mol. The van der Waals surface area contributed by atoms with Crippen LogP contribution in [0, 0.1) is 0 Å². The molecule has 0 aromatic heterocycles. The molecule has 2 N–H and O–H groups in total. The van der Waals surface area contributed by atoms with Gasteiger partial charge in [-0.3, -0.25) is 0 Å². The first kappa shape index (κ1) is 12.4. The van der Waals surface area contributed by atoms with Gasteiger partial charge in [0.1, 0.15) is 5.75 Å². The van der Waals surface area contributed by atoms with Crippen LogP contribution in [0.15, 0.2) is 42.5 Å². The van der Waals surface area contributed by atoms with Gasteiger partial charge in [-0.05, 0) is 48.1 Å². The van der Waals surface area contributed by atoms with Gasteiger partial charge in [-0.2, -0.15) is 0 Å². The van der Waals surface area contributed by atoms with E-state index in [9.17, 15) is 5.11 Å². The fraction of sp³-hybridized carbons (Fsp3) is 0.250. The van der Waals surface area contributed by atoms with Gasteiger partial charge in [-0.15, -0.1) is 0 Å². The highest BCUT2D eigenvalue weighted by atomic mass is 35.5. The molecule has 0 heterocycles. The molecule has 0 bridgehead atoms. The molecule has 3 heteroatoms. The summed E-state index contributed by atoms with van der Waals surface area (Å²) in [6.07, 6.45) is 2.62. The number of rotatable bonds is 4. The Balaban J connectivity index is 1.73. The first-order valence-electron chi connectivity index (χ1n) is 6.54. The van der Waals surface area contributed by atoms with E-state index in [1.54, 1.807) is 12.1 Å². The lowest BCUT2D eigenvalue weighted by Crippen LogP contribution is -2.02. The summed E-state index contributed by atoms with van der Waals surface area (Å²) in [5.41, 5.74) is 3.72. The number of phenols is 1. The highest BCUT2D eigenvalue weighted by molar-refractivity contribution is 6.32. The van der Waals surface area contributed by atoms with Crippen LogP contribution in [0.3, 0.4) is 0 Å². The van der Waals surface area contributed by atoms with E-state index in [-0.39, 0.29) is 5.75 Å². The van der Waals surface area contributed by atoms with Crippen LogP contribution in [-0.4, -0.2) is 5.11 Å². The zero-order chi connectivity index (χ0) is 13.2. The molecule has 2 aromatic carbocycles. The number of aromatic hydroxyl groups is 1. The molecule has 3 rings (SSSR count). The van der Waals surface area contributed by atoms with E-state index < -0.39 is 0 Å². The minimum Gasteiger partial charge on any atom is -0.506 e. The van der Waals surface area contributed by atoms with Gasteiger partial charge in [0.05, 0.1) is 5.02 Å². The number of halogens is 1. The van der Waals surface area contributed by atoms with E-state index in [0.717, 1.165) is 18.2 Å². The molecule has 1 aliphatic carbocycles. The summed E-state index contributed by atoms with van der Waals surface area (Å²) in [5, 5.41) is 13.1. The van der Waals surface area contributed by atoms with Crippen LogP contribution >= 0.6 is 11.6 Å². The van der Waals surface area contributed by atoms with E-state index in [1.165, 1.54) is 24.0 Å². The Morgan fingerprint density at radius 1 is 1.16 bits per heavy atom. The Kier molecular flexibility index (Phi) is 3.34. The van der Waals surface area contributed by atoms with Crippen molar-refractivity contribution in [2.75, 3.05) is 5.32 Å². The van der Waals surface area contributed by atoms with Gasteiger partial charge in [0.15, 0.2) is 0 Å². The molecular weight excluding hydrogens is 258 g/mol. The quantitative estimate of drug-likeness (QED) is 0.802. The Morgan fingerprint density at radius 3 is 2.68 bits per heavy atom. The van der Waals surface area contributed by atoms with Crippen molar-refractivity contribution in [1.82, 2.24) is 0 Å². The molecular formula is C16H16ClNO. The zero-order valence-electron chi connectivity index (χ0n) is 10.6. The molecule has 0 unspecified atom stereocenters. The largest absolute Gasteiger partial charge is 0.506 e. The van der Waals surface area contributed by atoms with Gasteiger partial charge in [0.2, 0.25) is 0 Å². The van der Waals surface area contributed by atoms with Gasteiger partial charge >= 0.3 is 0 Å². The van der Waals surface area contributed by atoms with Gasteiger partial charge in [0.25, 0.3) is 0 Å². The molecule has 1 fully saturated rings. The number of anilines is 1. The van der Waals surface area contributed by atoms with Crippen molar-refractivity contribution >= 4 is 17.3 Å². The van der Waals surface area contributed by atoms with Gasteiger partial charge < -0.3 is 10.4 Å². The second-order valence-corrected chi connectivity index (χ2v) is 5.40. The number of nitrogens with one attached hydrogen (secondary N) is 1. The van der Waals surface area contributed by atoms with Gasteiger partial charge in [0, 0.05) is 12.2 Å². The minimum atomic E-state index is 0.116. The van der Waals surface area contributed by atoms with Crippen LogP contribution in [0.2, 0.25) is 5.02 Å². The van der Waals surface area contributed by atoms with E-state index in [0.29, 0.717) is 5.02 Å². The van der Waals surface area contributed by atoms with Crippen LogP contribution < -0.4 is 5.32 Å². The smallest absolute Gasteiger partial charge is 0.134 e. The standard InChI is InChI=1S/C16H16ClNO/c17-15-9-13(7-8-16(15)19)18-10-12-3-1-2-4-14(12)11-5-6-11/h1-4,7-9,11,18-19H,5-6,10H2. The molecule has 2 aromatic rings. The lowest BCUT2D eigenvalue weighted by molar-refractivity contribution is 0.475. The lowest BCUT2D eigenvalue weighted by Gasteiger charge is -2.11. The predicted molar refractivity (Wildman–Crippen MR) is 78.9 cm³/mol. The zero-order valence-corrected chi connectivity index (χ0v) is 11.3. The Labute approximate surface area is 118 Å². The summed E-state index contributed by atoms with van der Waals surface area (Å²) in [7, 11) is 0. The van der Waals surface area contributed by atoms with Crippen LogP contribution in [0.5, 0.6) is 5.75 Å². The maximum Gasteiger partial charge on any atom is 0.134 e. The SMILES string of the molecule is Oc1ccc(NCc2ccccc2C2CC2)cc1Cl. The molecule has 19 heavy (non-hydrogen) atoms. The molecule has 1 aliphatic rings. The highest BCUT2D eigenvalue weighted by Crippen LogP contribution is 2.41. The van der Waals surface area contributed by atoms with Crippen molar-refractivity contribution in [2.45, 2.75) is 25.3 Å². The van der Waals surface area contributed by atoms with Crippen LogP contribution in [0.1, 0.15) is 29.9 Å². The fourth-order valence-electron chi connectivity index (χ4n) is 2.30. The van der Waals surface area contributed by atoms with E-state index in [4.69, 9.17) is 11.6 Å². The summed E-state index contributed by atoms with van der Waals surface area (Å²) in [4.78, 5) is 0. The molecule has 1 saturated carbocycles. The highest BCUT2D eigenvalue weighted by Gasteiger charge is 2.25. The van der Waals surface area contributed by atoms with Gasteiger partial charge in [-0.1, -0.05) is 35.9 Å². The minimum absolute atomic E-state index is 0.116. The predicted octanol–water partition coefficient (Wildman–Crippen LogP) is 4.54. The second kappa shape index (κ2) is 5.14. The van der Waals surface area contributed by atoms with Crippen molar-refractivity contribution < 1.29 is 5.11 Å². The van der Waals surface area contributed by atoms with Crippen LogP contribution in [-0.2, 0) is 6.54 Å². The molecule has 2 nitrogen and oxygen atoms in total. The van der Waals surface area contributed by atoms with Crippen LogP contribution in [0.4, 0.5) is 5.69 Å². The van der Waals surface area contributed by atoms with Crippen molar-refractivity contribution in [3.05, 3.63) is 58.6 Å². The first-order valence-corrected chi connectivity index (χ1v) is 6.92. The van der Waals surface area contributed by atoms with Crippen molar-refractivity contribution in [2.24, 2.45) is 0 Å². The molecule has 0 aliphatic heterocycles.